The van der Waals surface area contributed by atoms with Gasteiger partial charge in [0.1, 0.15) is 17.6 Å². The molecule has 6 nitrogen and oxygen atoms in total. The van der Waals surface area contributed by atoms with Gasteiger partial charge in [0.05, 0.1) is 21.3 Å². The molecule has 0 saturated carbocycles. The van der Waals surface area contributed by atoms with Crippen LogP contribution >= 0.6 is 15.9 Å². The molecule has 1 rings (SSSR count). The Bertz CT molecular complexity index is 538. The van der Waals surface area contributed by atoms with E-state index in [2.05, 4.69) is 25.4 Å². The van der Waals surface area contributed by atoms with E-state index in [-0.39, 0.29) is 17.1 Å². The molecular formula is C13H13BrO6. The second-order valence-electron chi connectivity index (χ2n) is 3.44. The molecule has 0 saturated heterocycles. The first-order valence-electron chi connectivity index (χ1n) is 5.40. The van der Waals surface area contributed by atoms with Gasteiger partial charge >= 0.3 is 11.9 Å². The van der Waals surface area contributed by atoms with Crippen molar-refractivity contribution in [3.63, 3.8) is 0 Å². The molecule has 0 atom stereocenters. The van der Waals surface area contributed by atoms with E-state index in [0.717, 1.165) is 6.26 Å². The standard InChI is InChI=1S/C13H13BrO6/c1-17-7-11(13(16)19-3)20-10-5-4-8(14)6-9(10)12(15)18-2/h4-7H,1-3H3/b11-7+. The summed E-state index contributed by atoms with van der Waals surface area (Å²) in [5.41, 5.74) is 0.160. The number of halogens is 1. The average Bonchev–Trinajstić information content (AvgIpc) is 2.46. The molecule has 0 unspecified atom stereocenters. The predicted octanol–water partition coefficient (Wildman–Crippen LogP) is 2.28. The fourth-order valence-corrected chi connectivity index (χ4v) is 1.66. The van der Waals surface area contributed by atoms with Crippen molar-refractivity contribution in [3.8, 4) is 5.75 Å². The Kier molecular flexibility index (Phi) is 6.05. The Morgan fingerprint density at radius 1 is 1.15 bits per heavy atom. The van der Waals surface area contributed by atoms with Crippen LogP contribution in [0.15, 0.2) is 34.7 Å². The van der Waals surface area contributed by atoms with Gasteiger partial charge in [-0.15, -0.1) is 0 Å². The molecule has 0 aromatic heterocycles. The lowest BCUT2D eigenvalue weighted by atomic mass is 10.2. The molecule has 1 aromatic rings. The van der Waals surface area contributed by atoms with Crippen molar-refractivity contribution in [2.75, 3.05) is 21.3 Å². The minimum atomic E-state index is -0.731. The number of hydrogen-bond donors (Lipinski definition) is 0. The highest BCUT2D eigenvalue weighted by Crippen LogP contribution is 2.26. The van der Waals surface area contributed by atoms with E-state index in [1.165, 1.54) is 33.5 Å². The lowest BCUT2D eigenvalue weighted by Gasteiger charge is -2.11. The van der Waals surface area contributed by atoms with E-state index in [4.69, 9.17) is 9.47 Å². The smallest absolute Gasteiger partial charge is 0.377 e. The van der Waals surface area contributed by atoms with Gasteiger partial charge in [0, 0.05) is 4.47 Å². The summed E-state index contributed by atoms with van der Waals surface area (Å²) < 4.78 is 20.0. The molecule has 0 heterocycles. The topological polar surface area (TPSA) is 71.1 Å². The Morgan fingerprint density at radius 3 is 2.40 bits per heavy atom. The summed E-state index contributed by atoms with van der Waals surface area (Å²) in [4.78, 5) is 23.2. The highest BCUT2D eigenvalue weighted by molar-refractivity contribution is 9.10. The van der Waals surface area contributed by atoms with Gasteiger partial charge in [0.25, 0.3) is 0 Å². The average molecular weight is 345 g/mol. The van der Waals surface area contributed by atoms with Gasteiger partial charge in [-0.05, 0) is 18.2 Å². The van der Waals surface area contributed by atoms with Gasteiger partial charge < -0.3 is 18.9 Å². The lowest BCUT2D eigenvalue weighted by Crippen LogP contribution is -2.13. The monoisotopic (exact) mass is 344 g/mol. The molecule has 0 amide bonds. The quantitative estimate of drug-likeness (QED) is 0.463. The predicted molar refractivity (Wildman–Crippen MR) is 73.2 cm³/mol. The van der Waals surface area contributed by atoms with Crippen LogP contribution in [0.25, 0.3) is 0 Å². The molecule has 0 aliphatic heterocycles. The second kappa shape index (κ2) is 7.54. The van der Waals surface area contributed by atoms with E-state index >= 15 is 0 Å². The summed E-state index contributed by atoms with van der Waals surface area (Å²) in [5.74, 6) is -1.37. The number of benzene rings is 1. The summed E-state index contributed by atoms with van der Waals surface area (Å²) in [6.45, 7) is 0. The highest BCUT2D eigenvalue weighted by atomic mass is 79.9. The molecule has 0 aliphatic rings. The fraction of sp³-hybridized carbons (Fsp3) is 0.231. The van der Waals surface area contributed by atoms with Gasteiger partial charge in [-0.1, -0.05) is 15.9 Å². The van der Waals surface area contributed by atoms with Crippen LogP contribution in [-0.4, -0.2) is 33.3 Å². The first-order chi connectivity index (χ1) is 9.53. The van der Waals surface area contributed by atoms with Gasteiger partial charge in [-0.25, -0.2) is 9.59 Å². The Balaban J connectivity index is 3.16. The Hall–Kier alpha value is -2.02. The molecule has 20 heavy (non-hydrogen) atoms. The van der Waals surface area contributed by atoms with Crippen LogP contribution in [0.2, 0.25) is 0 Å². The van der Waals surface area contributed by atoms with Gasteiger partial charge in [-0.2, -0.15) is 0 Å². The van der Waals surface area contributed by atoms with Crippen molar-refractivity contribution in [2.45, 2.75) is 0 Å². The van der Waals surface area contributed by atoms with Crippen molar-refractivity contribution in [1.29, 1.82) is 0 Å². The van der Waals surface area contributed by atoms with Crippen LogP contribution < -0.4 is 4.74 Å². The number of ether oxygens (including phenoxy) is 4. The Labute approximate surface area is 124 Å². The Morgan fingerprint density at radius 2 is 1.85 bits per heavy atom. The summed E-state index contributed by atoms with van der Waals surface area (Å²) in [5, 5.41) is 0. The van der Waals surface area contributed by atoms with Crippen LogP contribution in [0, 0.1) is 0 Å². The van der Waals surface area contributed by atoms with E-state index in [0.29, 0.717) is 4.47 Å². The van der Waals surface area contributed by atoms with Crippen LogP contribution in [0.3, 0.4) is 0 Å². The van der Waals surface area contributed by atoms with Crippen LogP contribution in [-0.2, 0) is 19.0 Å². The van der Waals surface area contributed by atoms with Gasteiger partial charge in [0.15, 0.2) is 0 Å². The molecule has 0 spiro atoms. The maximum Gasteiger partial charge on any atom is 0.377 e. The lowest BCUT2D eigenvalue weighted by molar-refractivity contribution is -0.138. The number of rotatable bonds is 5. The van der Waals surface area contributed by atoms with E-state index in [1.54, 1.807) is 6.07 Å². The first-order valence-corrected chi connectivity index (χ1v) is 6.19. The van der Waals surface area contributed by atoms with Crippen molar-refractivity contribution in [1.82, 2.24) is 0 Å². The molecule has 0 N–H and O–H groups in total. The minimum Gasteiger partial charge on any atom is -0.500 e. The summed E-state index contributed by atoms with van der Waals surface area (Å²) in [6.07, 6.45) is 1.08. The molecule has 108 valence electrons. The maximum absolute atomic E-state index is 11.7. The van der Waals surface area contributed by atoms with Crippen molar-refractivity contribution >= 4 is 27.9 Å². The van der Waals surface area contributed by atoms with E-state index < -0.39 is 11.9 Å². The van der Waals surface area contributed by atoms with Crippen molar-refractivity contribution in [2.24, 2.45) is 0 Å². The molecule has 0 radical (unpaired) electrons. The normalized spacial score (nSPS) is 10.7. The number of esters is 2. The fourth-order valence-electron chi connectivity index (χ4n) is 1.30. The van der Waals surface area contributed by atoms with Crippen molar-refractivity contribution in [3.05, 3.63) is 40.3 Å². The molecule has 7 heteroatoms. The zero-order valence-corrected chi connectivity index (χ0v) is 12.7. The third kappa shape index (κ3) is 3.99. The second-order valence-corrected chi connectivity index (χ2v) is 4.36. The third-order valence-electron chi connectivity index (χ3n) is 2.18. The SMILES string of the molecule is CO/C=C(/Oc1ccc(Br)cc1C(=O)OC)C(=O)OC. The van der Waals surface area contributed by atoms with Crippen LogP contribution in [0.4, 0.5) is 0 Å². The summed E-state index contributed by atoms with van der Waals surface area (Å²) in [6, 6.07) is 4.69. The number of carbonyl (C=O) groups is 2. The van der Waals surface area contributed by atoms with E-state index in [9.17, 15) is 9.59 Å². The number of carbonyl (C=O) groups excluding carboxylic acids is 2. The molecular weight excluding hydrogens is 332 g/mol. The molecule has 1 aromatic carbocycles. The van der Waals surface area contributed by atoms with Gasteiger partial charge in [-0.3, -0.25) is 0 Å². The number of methoxy groups -OCH3 is 3. The van der Waals surface area contributed by atoms with Crippen LogP contribution in [0.1, 0.15) is 10.4 Å². The first kappa shape index (κ1) is 16.0. The summed E-state index contributed by atoms with van der Waals surface area (Å²) in [7, 11) is 3.81. The highest BCUT2D eigenvalue weighted by Gasteiger charge is 2.19. The molecule has 0 aliphatic carbocycles. The van der Waals surface area contributed by atoms with Crippen LogP contribution in [0.5, 0.6) is 5.75 Å². The van der Waals surface area contributed by atoms with E-state index in [1.807, 2.05) is 0 Å². The van der Waals surface area contributed by atoms with Crippen molar-refractivity contribution < 1.29 is 28.5 Å². The largest absolute Gasteiger partial charge is 0.500 e. The third-order valence-corrected chi connectivity index (χ3v) is 2.67. The number of hydrogen-bond acceptors (Lipinski definition) is 6. The molecule has 0 bridgehead atoms. The zero-order chi connectivity index (χ0) is 15.1. The maximum atomic E-state index is 11.7. The molecule has 0 fully saturated rings. The van der Waals surface area contributed by atoms with Gasteiger partial charge in [0.2, 0.25) is 5.76 Å². The minimum absolute atomic E-state index is 0.147. The zero-order valence-electron chi connectivity index (χ0n) is 11.1. The summed E-state index contributed by atoms with van der Waals surface area (Å²) >= 11 is 3.24.